The predicted molar refractivity (Wildman–Crippen MR) is 118 cm³/mol. The molecule has 3 aromatic heterocycles. The van der Waals surface area contributed by atoms with Gasteiger partial charge in [-0.2, -0.15) is 4.98 Å². The number of halogens is 3. The summed E-state index contributed by atoms with van der Waals surface area (Å²) < 4.78 is 47.2. The molecule has 2 N–H and O–H groups in total. The fraction of sp³-hybridized carbons (Fsp3) is 0.400. The second kappa shape index (κ2) is 9.56. The third kappa shape index (κ3) is 5.74. The minimum atomic E-state index is -2.68. The number of aromatic nitrogens is 4. The van der Waals surface area contributed by atoms with Gasteiger partial charge in [-0.3, -0.25) is 9.00 Å². The zero-order chi connectivity index (χ0) is 23.6. The Balaban J connectivity index is 1.51. The molecule has 3 aromatic rings. The molecule has 0 unspecified atom stereocenters. The number of carbonyl (C=O) groups excluding carboxylic acids is 1. The van der Waals surface area contributed by atoms with E-state index in [0.29, 0.717) is 29.9 Å². The van der Waals surface area contributed by atoms with Crippen molar-refractivity contribution in [1.82, 2.24) is 25.3 Å². The van der Waals surface area contributed by atoms with Gasteiger partial charge in [-0.1, -0.05) is 11.6 Å². The van der Waals surface area contributed by atoms with Crippen molar-refractivity contribution in [2.24, 2.45) is 0 Å². The molecule has 9 nitrogen and oxygen atoms in total. The largest absolute Gasteiger partial charge is 0.482 e. The van der Waals surface area contributed by atoms with Gasteiger partial charge in [-0.15, -0.1) is 0 Å². The Morgan fingerprint density at radius 2 is 2.09 bits per heavy atom. The Kier molecular flexibility index (Phi) is 6.75. The van der Waals surface area contributed by atoms with Crippen LogP contribution in [-0.2, 0) is 10.8 Å². The number of pyridine rings is 2. The monoisotopic (exact) mass is 499 g/mol. The van der Waals surface area contributed by atoms with Crippen LogP contribution in [0.1, 0.15) is 30.4 Å². The summed E-state index contributed by atoms with van der Waals surface area (Å²) in [7, 11) is -0.842. The number of hydrogen-bond donors (Lipinski definition) is 2. The van der Waals surface area contributed by atoms with Crippen molar-refractivity contribution in [2.75, 3.05) is 18.1 Å². The van der Waals surface area contributed by atoms with Gasteiger partial charge in [-0.05, 0) is 25.8 Å². The first kappa shape index (κ1) is 23.3. The molecule has 0 spiro atoms. The third-order valence-corrected chi connectivity index (χ3v) is 6.59. The van der Waals surface area contributed by atoms with Gasteiger partial charge >= 0.3 is 0 Å². The molecule has 1 amide bonds. The summed E-state index contributed by atoms with van der Waals surface area (Å²) in [6, 6.07) is 4.43. The molecule has 4 heterocycles. The maximum absolute atomic E-state index is 12.7. The van der Waals surface area contributed by atoms with Crippen LogP contribution in [0.3, 0.4) is 0 Å². The predicted octanol–water partition coefficient (Wildman–Crippen LogP) is 3.47. The number of aromatic amines is 1. The van der Waals surface area contributed by atoms with Crippen molar-refractivity contribution in [2.45, 2.75) is 31.7 Å². The molecule has 1 aliphatic rings. The SMILES string of the molecule is CC1(NC(=O)c2nc3nc(Oc4ncc(Cl)cc4OCC(F)F)ccc3[nH]2)CCS(=O)CC1. The number of nitrogens with one attached hydrogen (secondary N) is 2. The Bertz CT molecular complexity index is 1200. The number of alkyl halides is 2. The summed E-state index contributed by atoms with van der Waals surface area (Å²) in [6.07, 6.45) is -0.168. The number of ether oxygens (including phenoxy) is 2. The van der Waals surface area contributed by atoms with Crippen LogP contribution >= 0.6 is 11.6 Å². The Morgan fingerprint density at radius 3 is 2.82 bits per heavy atom. The number of amides is 1. The van der Waals surface area contributed by atoms with Crippen LogP contribution in [0.4, 0.5) is 8.78 Å². The highest BCUT2D eigenvalue weighted by molar-refractivity contribution is 7.85. The maximum Gasteiger partial charge on any atom is 0.287 e. The number of H-pyrrole nitrogens is 1. The molecular weight excluding hydrogens is 480 g/mol. The first-order valence-corrected chi connectivity index (χ1v) is 11.9. The van der Waals surface area contributed by atoms with E-state index in [4.69, 9.17) is 21.1 Å². The quantitative estimate of drug-likeness (QED) is 0.510. The normalized spacial score (nSPS) is 20.7. The van der Waals surface area contributed by atoms with E-state index in [1.807, 2.05) is 6.92 Å². The molecule has 1 aliphatic heterocycles. The molecule has 4 rings (SSSR count). The number of carbonyl (C=O) groups is 1. The van der Waals surface area contributed by atoms with Crippen LogP contribution in [0, 0.1) is 0 Å². The van der Waals surface area contributed by atoms with Crippen LogP contribution in [0.5, 0.6) is 17.5 Å². The maximum atomic E-state index is 12.7. The molecule has 176 valence electrons. The highest BCUT2D eigenvalue weighted by Crippen LogP contribution is 2.31. The van der Waals surface area contributed by atoms with E-state index in [9.17, 15) is 17.8 Å². The van der Waals surface area contributed by atoms with E-state index in [1.54, 1.807) is 6.07 Å². The lowest BCUT2D eigenvalue weighted by Crippen LogP contribution is -2.50. The Labute approximate surface area is 194 Å². The molecular formula is C20H20ClF2N5O4S. The van der Waals surface area contributed by atoms with Crippen LogP contribution < -0.4 is 14.8 Å². The molecule has 0 atom stereocenters. The van der Waals surface area contributed by atoms with Crippen LogP contribution in [0.2, 0.25) is 5.02 Å². The van der Waals surface area contributed by atoms with Crippen molar-refractivity contribution in [3.8, 4) is 17.5 Å². The lowest BCUT2D eigenvalue weighted by Gasteiger charge is -2.33. The molecule has 0 aromatic carbocycles. The fourth-order valence-corrected chi connectivity index (χ4v) is 4.95. The molecule has 0 saturated carbocycles. The zero-order valence-corrected chi connectivity index (χ0v) is 19.0. The van der Waals surface area contributed by atoms with Crippen molar-refractivity contribution in [1.29, 1.82) is 0 Å². The summed E-state index contributed by atoms with van der Waals surface area (Å²) in [5.74, 6) is 0.679. The number of hydrogen-bond acceptors (Lipinski definition) is 7. The molecule has 0 aliphatic carbocycles. The first-order chi connectivity index (χ1) is 15.7. The van der Waals surface area contributed by atoms with E-state index in [-0.39, 0.29) is 34.0 Å². The minimum absolute atomic E-state index is 0.0616. The average molecular weight is 500 g/mol. The van der Waals surface area contributed by atoms with E-state index in [1.165, 1.54) is 18.3 Å². The van der Waals surface area contributed by atoms with Crippen molar-refractivity contribution >= 4 is 39.5 Å². The number of rotatable bonds is 7. The minimum Gasteiger partial charge on any atom is -0.482 e. The molecule has 0 radical (unpaired) electrons. The van der Waals surface area contributed by atoms with Crippen LogP contribution in [0.25, 0.3) is 11.2 Å². The van der Waals surface area contributed by atoms with Gasteiger partial charge < -0.3 is 19.8 Å². The number of nitrogens with zero attached hydrogens (tertiary/aromatic N) is 3. The first-order valence-electron chi connectivity index (χ1n) is 9.99. The molecule has 0 bridgehead atoms. The van der Waals surface area contributed by atoms with Gasteiger partial charge in [0.2, 0.25) is 5.88 Å². The molecule has 33 heavy (non-hydrogen) atoms. The van der Waals surface area contributed by atoms with Crippen molar-refractivity contribution in [3.63, 3.8) is 0 Å². The lowest BCUT2D eigenvalue weighted by molar-refractivity contribution is 0.0803. The van der Waals surface area contributed by atoms with Gasteiger partial charge in [0.1, 0.15) is 6.61 Å². The van der Waals surface area contributed by atoms with E-state index in [2.05, 4.69) is 25.3 Å². The standard InChI is InChI=1S/C20H20ClF2N5O4S/c1-20(4-6-33(30)7-5-20)28-18(29)17-25-12-2-3-15(26-16(12)27-17)32-19-13(31-10-14(22)23)8-11(21)9-24-19/h2-3,8-9,14H,4-7,10H2,1H3,(H,28,29)(H,25,26,27). The van der Waals surface area contributed by atoms with Gasteiger partial charge in [-0.25, -0.2) is 18.7 Å². The summed E-state index contributed by atoms with van der Waals surface area (Å²) in [5.41, 5.74) is 0.262. The van der Waals surface area contributed by atoms with Crippen LogP contribution in [0.15, 0.2) is 24.4 Å². The summed E-state index contributed by atoms with van der Waals surface area (Å²) in [5, 5.41) is 3.15. The summed E-state index contributed by atoms with van der Waals surface area (Å²) in [4.78, 5) is 28.1. The summed E-state index contributed by atoms with van der Waals surface area (Å²) in [6.45, 7) is 1.07. The highest BCUT2D eigenvalue weighted by atomic mass is 35.5. The highest BCUT2D eigenvalue weighted by Gasteiger charge is 2.32. The Morgan fingerprint density at radius 1 is 1.33 bits per heavy atom. The second-order valence-electron chi connectivity index (χ2n) is 7.73. The van der Waals surface area contributed by atoms with Crippen molar-refractivity contribution < 1.29 is 27.3 Å². The number of fused-ring (bicyclic) bond motifs is 1. The van der Waals surface area contributed by atoms with Gasteiger partial charge in [0.05, 0.1) is 10.5 Å². The van der Waals surface area contributed by atoms with E-state index in [0.717, 1.165) is 0 Å². The molecule has 1 fully saturated rings. The third-order valence-electron chi connectivity index (χ3n) is 5.06. The second-order valence-corrected chi connectivity index (χ2v) is 9.86. The molecule has 1 saturated heterocycles. The van der Waals surface area contributed by atoms with Gasteiger partial charge in [0.15, 0.2) is 17.2 Å². The summed E-state index contributed by atoms with van der Waals surface area (Å²) >= 11 is 5.86. The Hall–Kier alpha value is -2.86. The topological polar surface area (TPSA) is 119 Å². The lowest BCUT2D eigenvalue weighted by atomic mass is 9.95. The smallest absolute Gasteiger partial charge is 0.287 e. The van der Waals surface area contributed by atoms with E-state index < -0.39 is 35.3 Å². The van der Waals surface area contributed by atoms with Gasteiger partial charge in [0.25, 0.3) is 18.2 Å². The fourth-order valence-electron chi connectivity index (χ4n) is 3.24. The zero-order valence-electron chi connectivity index (χ0n) is 17.4. The van der Waals surface area contributed by atoms with Crippen molar-refractivity contribution in [3.05, 3.63) is 35.2 Å². The molecule has 13 heteroatoms. The number of imidazole rings is 1. The van der Waals surface area contributed by atoms with E-state index >= 15 is 0 Å². The average Bonchev–Trinajstić information content (AvgIpc) is 3.20. The van der Waals surface area contributed by atoms with Gasteiger partial charge in [0, 0.05) is 46.2 Å². The van der Waals surface area contributed by atoms with Crippen LogP contribution in [-0.4, -0.2) is 60.1 Å².